The van der Waals surface area contributed by atoms with E-state index in [-0.39, 0.29) is 11.9 Å². The van der Waals surface area contributed by atoms with Crippen LogP contribution in [0.5, 0.6) is 0 Å². The van der Waals surface area contributed by atoms with Crippen molar-refractivity contribution >= 4 is 11.7 Å². The van der Waals surface area contributed by atoms with Crippen LogP contribution in [0, 0.1) is 11.3 Å². The normalized spacial score (nSPS) is 24.5. The third kappa shape index (κ3) is 2.54. The highest BCUT2D eigenvalue weighted by atomic mass is 16.2. The number of aromatic nitrogens is 1. The second-order valence-corrected chi connectivity index (χ2v) is 6.04. The predicted molar refractivity (Wildman–Crippen MR) is 84.3 cm³/mol. The Balaban J connectivity index is 1.87. The number of carbonyl (C=O) groups excluding carboxylic acids is 1. The van der Waals surface area contributed by atoms with Gasteiger partial charge in [-0.25, -0.2) is 4.98 Å². The van der Waals surface area contributed by atoms with Crippen LogP contribution >= 0.6 is 0 Å². The highest BCUT2D eigenvalue weighted by Crippen LogP contribution is 2.34. The van der Waals surface area contributed by atoms with E-state index in [0.717, 1.165) is 44.6 Å². The quantitative estimate of drug-likeness (QED) is 0.859. The zero-order valence-corrected chi connectivity index (χ0v) is 13.0. The third-order valence-electron chi connectivity index (χ3n) is 4.84. The smallest absolute Gasteiger partial charge is 0.222 e. The van der Waals surface area contributed by atoms with Gasteiger partial charge in [-0.05, 0) is 37.8 Å². The molecule has 5 nitrogen and oxygen atoms in total. The average Bonchev–Trinajstić information content (AvgIpc) is 3.22. The first-order chi connectivity index (χ1) is 10.8. The number of pyridine rings is 1. The van der Waals surface area contributed by atoms with E-state index >= 15 is 0 Å². The maximum absolute atomic E-state index is 12.2. The van der Waals surface area contributed by atoms with Gasteiger partial charge in [0, 0.05) is 25.7 Å². The summed E-state index contributed by atoms with van der Waals surface area (Å²) in [4.78, 5) is 20.9. The third-order valence-corrected chi connectivity index (χ3v) is 4.84. The molecule has 116 valence electrons. The molecule has 2 saturated heterocycles. The van der Waals surface area contributed by atoms with Crippen LogP contribution in [0.3, 0.4) is 0 Å². The number of anilines is 1. The number of nitrogens with zero attached hydrogens (tertiary/aromatic N) is 4. The molecule has 0 radical (unpaired) electrons. The zero-order valence-electron chi connectivity index (χ0n) is 13.0. The van der Waals surface area contributed by atoms with Crippen LogP contribution in [0.1, 0.15) is 44.6 Å². The maximum atomic E-state index is 12.2. The molecule has 0 aromatic carbocycles. The van der Waals surface area contributed by atoms with Gasteiger partial charge in [-0.3, -0.25) is 4.79 Å². The fraction of sp³-hybridized carbons (Fsp3) is 0.588. The Morgan fingerprint density at radius 2 is 2.14 bits per heavy atom. The number of nitriles is 1. The highest BCUT2D eigenvalue weighted by Gasteiger charge is 2.40. The zero-order chi connectivity index (χ0) is 15.5. The summed E-state index contributed by atoms with van der Waals surface area (Å²) in [6, 6.07) is 6.42. The number of rotatable bonds is 3. The highest BCUT2D eigenvalue weighted by molar-refractivity contribution is 5.76. The number of hydrogen-bond donors (Lipinski definition) is 0. The molecule has 3 heterocycles. The topological polar surface area (TPSA) is 60.2 Å². The number of likely N-dealkylation sites (tertiary alicyclic amines) is 1. The molecular weight excluding hydrogens is 276 g/mol. The number of carbonyl (C=O) groups is 1. The number of hydrogen-bond acceptors (Lipinski definition) is 4. The van der Waals surface area contributed by atoms with Crippen LogP contribution < -0.4 is 4.90 Å². The van der Waals surface area contributed by atoms with Crippen molar-refractivity contribution in [2.45, 2.75) is 51.1 Å². The molecular formula is C17H22N4O. The van der Waals surface area contributed by atoms with Crippen molar-refractivity contribution < 1.29 is 4.79 Å². The van der Waals surface area contributed by atoms with E-state index in [1.54, 1.807) is 12.3 Å². The van der Waals surface area contributed by atoms with E-state index < -0.39 is 0 Å². The monoisotopic (exact) mass is 298 g/mol. The second kappa shape index (κ2) is 6.35. The van der Waals surface area contributed by atoms with Gasteiger partial charge < -0.3 is 9.80 Å². The molecule has 5 heteroatoms. The second-order valence-electron chi connectivity index (χ2n) is 6.04. The summed E-state index contributed by atoms with van der Waals surface area (Å²) < 4.78 is 0. The van der Waals surface area contributed by atoms with Crippen LogP contribution in [-0.4, -0.2) is 41.0 Å². The largest absolute Gasteiger partial charge is 0.350 e. The van der Waals surface area contributed by atoms with Crippen LogP contribution in [0.25, 0.3) is 0 Å². The lowest BCUT2D eigenvalue weighted by atomic mass is 10.0. The van der Waals surface area contributed by atoms with E-state index in [1.807, 2.05) is 13.0 Å². The summed E-state index contributed by atoms with van der Waals surface area (Å²) in [5.74, 6) is 1.03. The van der Waals surface area contributed by atoms with Gasteiger partial charge in [-0.1, -0.05) is 6.92 Å². The van der Waals surface area contributed by atoms with E-state index in [1.165, 1.54) is 0 Å². The molecule has 1 aromatic rings. The summed E-state index contributed by atoms with van der Waals surface area (Å²) in [5.41, 5.74) is 0.626. The Morgan fingerprint density at radius 3 is 2.91 bits per heavy atom. The van der Waals surface area contributed by atoms with Crippen molar-refractivity contribution in [3.63, 3.8) is 0 Å². The minimum atomic E-state index is 0.246. The van der Waals surface area contributed by atoms with Crippen LogP contribution in [0.15, 0.2) is 18.3 Å². The van der Waals surface area contributed by atoms with Gasteiger partial charge in [0.1, 0.15) is 11.9 Å². The summed E-state index contributed by atoms with van der Waals surface area (Å²) in [6.45, 7) is 3.71. The summed E-state index contributed by atoms with van der Waals surface area (Å²) in [7, 11) is 0. The fourth-order valence-electron chi connectivity index (χ4n) is 3.87. The van der Waals surface area contributed by atoms with E-state index in [9.17, 15) is 10.1 Å². The van der Waals surface area contributed by atoms with E-state index in [4.69, 9.17) is 0 Å². The van der Waals surface area contributed by atoms with Gasteiger partial charge in [0.05, 0.1) is 17.6 Å². The molecule has 2 fully saturated rings. The van der Waals surface area contributed by atoms with Gasteiger partial charge in [0.25, 0.3) is 0 Å². The molecule has 0 N–H and O–H groups in total. The molecule has 2 atom stereocenters. The lowest BCUT2D eigenvalue weighted by Gasteiger charge is -2.35. The van der Waals surface area contributed by atoms with Crippen molar-refractivity contribution in [2.75, 3.05) is 18.0 Å². The maximum Gasteiger partial charge on any atom is 0.222 e. The SMILES string of the molecule is CCC(=O)N1CCCC1C1CCCN1c1ncccc1C#N. The molecule has 0 spiro atoms. The fourth-order valence-corrected chi connectivity index (χ4v) is 3.87. The Hall–Kier alpha value is -2.09. The van der Waals surface area contributed by atoms with Gasteiger partial charge in [-0.2, -0.15) is 5.26 Å². The Kier molecular flexibility index (Phi) is 4.28. The Bertz CT molecular complexity index is 595. The first-order valence-electron chi connectivity index (χ1n) is 8.17. The molecule has 0 aliphatic carbocycles. The van der Waals surface area contributed by atoms with Crippen molar-refractivity contribution in [1.82, 2.24) is 9.88 Å². The van der Waals surface area contributed by atoms with Crippen molar-refractivity contribution in [2.24, 2.45) is 0 Å². The van der Waals surface area contributed by atoms with Crippen LogP contribution in [0.2, 0.25) is 0 Å². The summed E-state index contributed by atoms with van der Waals surface area (Å²) in [5, 5.41) is 9.33. The molecule has 22 heavy (non-hydrogen) atoms. The minimum Gasteiger partial charge on any atom is -0.350 e. The van der Waals surface area contributed by atoms with Gasteiger partial charge in [0.15, 0.2) is 0 Å². The first kappa shape index (κ1) is 14.8. The Morgan fingerprint density at radius 1 is 1.36 bits per heavy atom. The summed E-state index contributed by atoms with van der Waals surface area (Å²) >= 11 is 0. The predicted octanol–water partition coefficient (Wildman–Crippen LogP) is 2.32. The molecule has 3 rings (SSSR count). The minimum absolute atomic E-state index is 0.246. The van der Waals surface area contributed by atoms with Gasteiger partial charge in [-0.15, -0.1) is 0 Å². The molecule has 0 bridgehead atoms. The van der Waals surface area contributed by atoms with Crippen molar-refractivity contribution in [3.05, 3.63) is 23.9 Å². The molecule has 2 aliphatic heterocycles. The van der Waals surface area contributed by atoms with E-state index in [2.05, 4.69) is 20.9 Å². The standard InChI is InChI=1S/C17H22N4O/c1-2-16(22)20-10-4-7-14(20)15-8-5-11-21(15)17-13(12-18)6-3-9-19-17/h3,6,9,14-15H,2,4-5,7-8,10-11H2,1H3. The molecule has 2 aliphatic rings. The Labute approximate surface area is 131 Å². The van der Waals surface area contributed by atoms with Crippen LogP contribution in [0.4, 0.5) is 5.82 Å². The molecule has 1 aromatic heterocycles. The van der Waals surface area contributed by atoms with Gasteiger partial charge >= 0.3 is 0 Å². The molecule has 2 unspecified atom stereocenters. The average molecular weight is 298 g/mol. The lowest BCUT2D eigenvalue weighted by Crippen LogP contribution is -2.48. The molecule has 0 saturated carbocycles. The first-order valence-corrected chi connectivity index (χ1v) is 8.17. The van der Waals surface area contributed by atoms with Crippen molar-refractivity contribution in [1.29, 1.82) is 5.26 Å². The molecule has 1 amide bonds. The van der Waals surface area contributed by atoms with E-state index in [0.29, 0.717) is 18.0 Å². The summed E-state index contributed by atoms with van der Waals surface area (Å²) in [6.07, 6.45) is 6.61. The van der Waals surface area contributed by atoms with Gasteiger partial charge in [0.2, 0.25) is 5.91 Å². The lowest BCUT2D eigenvalue weighted by molar-refractivity contribution is -0.132. The van der Waals surface area contributed by atoms with Crippen LogP contribution in [-0.2, 0) is 4.79 Å². The number of amides is 1. The van der Waals surface area contributed by atoms with Crippen molar-refractivity contribution in [3.8, 4) is 6.07 Å².